The Morgan fingerprint density at radius 3 is 2.81 bits per heavy atom. The van der Waals surface area contributed by atoms with Gasteiger partial charge in [-0.05, 0) is 49.2 Å². The van der Waals surface area contributed by atoms with Gasteiger partial charge in [0, 0.05) is 35.8 Å². The molecule has 5 nitrogen and oxygen atoms in total. The summed E-state index contributed by atoms with van der Waals surface area (Å²) < 4.78 is 44.9. The van der Waals surface area contributed by atoms with Crippen molar-refractivity contribution in [1.29, 1.82) is 0 Å². The summed E-state index contributed by atoms with van der Waals surface area (Å²) in [6.45, 7) is 2.09. The highest BCUT2D eigenvalue weighted by atomic mass is 19.4. The van der Waals surface area contributed by atoms with Crippen LogP contribution in [0.2, 0.25) is 0 Å². The van der Waals surface area contributed by atoms with E-state index in [1.807, 2.05) is 6.07 Å². The van der Waals surface area contributed by atoms with Crippen LogP contribution in [0.25, 0.3) is 11.1 Å². The molecule has 0 amide bonds. The number of hydrogen-bond acceptors (Lipinski definition) is 4. The first-order valence-corrected chi connectivity index (χ1v) is 10.1. The van der Waals surface area contributed by atoms with Crippen molar-refractivity contribution in [3.05, 3.63) is 65.5 Å². The second kappa shape index (κ2) is 8.63. The molecule has 0 unspecified atom stereocenters. The minimum absolute atomic E-state index is 0.0950. The van der Waals surface area contributed by atoms with Crippen molar-refractivity contribution in [2.45, 2.75) is 31.5 Å². The quantitative estimate of drug-likeness (QED) is 0.584. The Hall–Kier alpha value is -3.00. The summed E-state index contributed by atoms with van der Waals surface area (Å²) in [5.41, 5.74) is 2.09. The first-order valence-electron chi connectivity index (χ1n) is 10.1. The number of nitrogens with one attached hydrogen (secondary N) is 1. The maximum absolute atomic E-state index is 13.2. The Morgan fingerprint density at radius 1 is 1.23 bits per heavy atom. The molecule has 1 atom stereocenters. The molecule has 2 N–H and O–H groups in total. The smallest absolute Gasteiger partial charge is 0.416 e. The van der Waals surface area contributed by atoms with E-state index < -0.39 is 11.7 Å². The normalized spacial score (nSPS) is 17.6. The molecule has 164 valence electrons. The van der Waals surface area contributed by atoms with Crippen LogP contribution in [0.3, 0.4) is 0 Å². The van der Waals surface area contributed by atoms with E-state index in [1.165, 1.54) is 12.1 Å². The monoisotopic (exact) mass is 431 g/mol. The molecule has 2 aromatic carbocycles. The summed E-state index contributed by atoms with van der Waals surface area (Å²) in [6.07, 6.45) is -0.960. The number of ether oxygens (including phenoxy) is 1. The lowest BCUT2D eigenvalue weighted by atomic mass is 9.90. The Labute approximate surface area is 178 Å². The third-order valence-electron chi connectivity index (χ3n) is 5.79. The zero-order valence-corrected chi connectivity index (χ0v) is 17.1. The maximum Gasteiger partial charge on any atom is 0.416 e. The summed E-state index contributed by atoms with van der Waals surface area (Å²) in [7, 11) is 1.57. The molecule has 1 saturated heterocycles. The minimum Gasteiger partial charge on any atom is -0.507 e. The second-order valence-corrected chi connectivity index (χ2v) is 7.81. The SMILES string of the molecule is COc1cccc(O)c1CN1CCC[C@@H](c2[nH]ncc2-c2cccc(C(F)(F)F)c2)C1. The lowest BCUT2D eigenvalue weighted by Crippen LogP contribution is -2.34. The second-order valence-electron chi connectivity index (χ2n) is 7.81. The van der Waals surface area contributed by atoms with E-state index in [2.05, 4.69) is 15.1 Å². The van der Waals surface area contributed by atoms with Crippen LogP contribution in [-0.4, -0.2) is 40.4 Å². The van der Waals surface area contributed by atoms with Crippen molar-refractivity contribution in [3.8, 4) is 22.6 Å². The fourth-order valence-electron chi connectivity index (χ4n) is 4.26. The summed E-state index contributed by atoms with van der Waals surface area (Å²) >= 11 is 0. The fourth-order valence-corrected chi connectivity index (χ4v) is 4.26. The highest BCUT2D eigenvalue weighted by Gasteiger charge is 2.31. The van der Waals surface area contributed by atoms with Crippen molar-refractivity contribution in [1.82, 2.24) is 15.1 Å². The summed E-state index contributed by atoms with van der Waals surface area (Å²) in [5.74, 6) is 0.915. The zero-order chi connectivity index (χ0) is 22.0. The van der Waals surface area contributed by atoms with Gasteiger partial charge in [0.05, 0.1) is 18.9 Å². The van der Waals surface area contributed by atoms with Crippen LogP contribution in [-0.2, 0) is 12.7 Å². The largest absolute Gasteiger partial charge is 0.507 e. The molecule has 0 aliphatic carbocycles. The minimum atomic E-state index is -4.39. The van der Waals surface area contributed by atoms with Crippen LogP contribution in [0.5, 0.6) is 11.5 Å². The maximum atomic E-state index is 13.2. The third-order valence-corrected chi connectivity index (χ3v) is 5.79. The van der Waals surface area contributed by atoms with Gasteiger partial charge in [-0.3, -0.25) is 10.00 Å². The Bertz CT molecular complexity index is 1050. The van der Waals surface area contributed by atoms with Gasteiger partial charge in [0.1, 0.15) is 11.5 Å². The lowest BCUT2D eigenvalue weighted by molar-refractivity contribution is -0.137. The average Bonchev–Trinajstić information content (AvgIpc) is 3.25. The number of likely N-dealkylation sites (tertiary alicyclic amines) is 1. The molecular formula is C23H24F3N3O2. The van der Waals surface area contributed by atoms with E-state index in [9.17, 15) is 18.3 Å². The van der Waals surface area contributed by atoms with E-state index in [4.69, 9.17) is 4.74 Å². The number of H-pyrrole nitrogens is 1. The first-order chi connectivity index (χ1) is 14.9. The van der Waals surface area contributed by atoms with Crippen LogP contribution >= 0.6 is 0 Å². The van der Waals surface area contributed by atoms with Gasteiger partial charge in [-0.25, -0.2) is 0 Å². The highest BCUT2D eigenvalue weighted by molar-refractivity contribution is 5.66. The van der Waals surface area contributed by atoms with Crippen molar-refractivity contribution in [2.24, 2.45) is 0 Å². The highest BCUT2D eigenvalue weighted by Crippen LogP contribution is 2.37. The Balaban J connectivity index is 1.57. The van der Waals surface area contributed by atoms with Crippen molar-refractivity contribution < 1.29 is 23.0 Å². The van der Waals surface area contributed by atoms with Crippen LogP contribution in [0.1, 0.15) is 35.6 Å². The lowest BCUT2D eigenvalue weighted by Gasteiger charge is -2.33. The van der Waals surface area contributed by atoms with Gasteiger partial charge in [0.2, 0.25) is 0 Å². The van der Waals surface area contributed by atoms with Crippen LogP contribution in [0, 0.1) is 0 Å². The van der Waals surface area contributed by atoms with E-state index in [1.54, 1.807) is 31.5 Å². The topological polar surface area (TPSA) is 61.4 Å². The number of aromatic amines is 1. The average molecular weight is 431 g/mol. The van der Waals surface area contributed by atoms with Gasteiger partial charge in [-0.2, -0.15) is 18.3 Å². The molecule has 2 heterocycles. The van der Waals surface area contributed by atoms with Crippen molar-refractivity contribution in [3.63, 3.8) is 0 Å². The molecule has 8 heteroatoms. The molecule has 0 saturated carbocycles. The third kappa shape index (κ3) is 4.54. The van der Waals surface area contributed by atoms with Gasteiger partial charge in [0.15, 0.2) is 0 Å². The number of halogens is 3. The number of aromatic hydroxyl groups is 1. The van der Waals surface area contributed by atoms with Gasteiger partial charge in [0.25, 0.3) is 0 Å². The predicted octanol–water partition coefficient (Wildman–Crippen LogP) is 5.19. The fraction of sp³-hybridized carbons (Fsp3) is 0.348. The summed E-state index contributed by atoms with van der Waals surface area (Å²) in [4.78, 5) is 2.22. The number of benzene rings is 2. The number of piperidine rings is 1. The van der Waals surface area contributed by atoms with Crippen molar-refractivity contribution >= 4 is 0 Å². The molecule has 3 aromatic rings. The van der Waals surface area contributed by atoms with E-state index >= 15 is 0 Å². The number of aromatic nitrogens is 2. The van der Waals surface area contributed by atoms with Gasteiger partial charge in [-0.1, -0.05) is 18.2 Å². The molecule has 0 spiro atoms. The molecule has 1 aliphatic rings. The molecule has 1 fully saturated rings. The summed E-state index contributed by atoms with van der Waals surface area (Å²) in [5, 5.41) is 17.4. The van der Waals surface area contributed by atoms with Crippen LogP contribution < -0.4 is 4.74 Å². The predicted molar refractivity (Wildman–Crippen MR) is 111 cm³/mol. The molecule has 1 aromatic heterocycles. The number of phenolic OH excluding ortho intramolecular Hbond substituents is 1. The molecular weight excluding hydrogens is 407 g/mol. The number of phenols is 1. The van der Waals surface area contributed by atoms with E-state index in [0.29, 0.717) is 30.0 Å². The number of nitrogens with zero attached hydrogens (tertiary/aromatic N) is 2. The van der Waals surface area contributed by atoms with Gasteiger partial charge >= 0.3 is 6.18 Å². The number of methoxy groups -OCH3 is 1. The van der Waals surface area contributed by atoms with Crippen LogP contribution in [0.4, 0.5) is 13.2 Å². The van der Waals surface area contributed by atoms with Gasteiger partial charge in [-0.15, -0.1) is 0 Å². The van der Waals surface area contributed by atoms with Crippen molar-refractivity contribution in [2.75, 3.05) is 20.2 Å². The van der Waals surface area contributed by atoms with Crippen LogP contribution in [0.15, 0.2) is 48.7 Å². The molecule has 31 heavy (non-hydrogen) atoms. The first kappa shape index (κ1) is 21.2. The number of alkyl halides is 3. The molecule has 1 aliphatic heterocycles. The van der Waals surface area contributed by atoms with E-state index in [0.717, 1.165) is 36.7 Å². The number of rotatable bonds is 5. The molecule has 0 radical (unpaired) electrons. The number of hydrogen-bond donors (Lipinski definition) is 2. The van der Waals surface area contributed by atoms with Gasteiger partial charge < -0.3 is 9.84 Å². The Kier molecular flexibility index (Phi) is 5.91. The van der Waals surface area contributed by atoms with E-state index in [-0.39, 0.29) is 11.7 Å². The summed E-state index contributed by atoms with van der Waals surface area (Å²) in [6, 6.07) is 10.5. The molecule has 0 bridgehead atoms. The Morgan fingerprint density at radius 2 is 2.03 bits per heavy atom. The zero-order valence-electron chi connectivity index (χ0n) is 17.1. The molecule has 4 rings (SSSR count). The standard InChI is InChI=1S/C23H24F3N3O2/c1-31-21-9-3-8-20(30)19(21)14-29-10-4-6-16(13-29)22-18(12-27-28-22)15-5-2-7-17(11-15)23(24,25)26/h2-3,5,7-9,11-12,16,30H,4,6,10,13-14H2,1H3,(H,27,28)/t16-/m1/s1.